The molecule has 0 aliphatic rings. The molecule has 0 aliphatic carbocycles. The number of thioether (sulfide) groups is 1. The molecule has 2 aromatic rings. The number of aryl methyl sites for hydroxylation is 1. The van der Waals surface area contributed by atoms with Crippen LogP contribution in [0.1, 0.15) is 26.3 Å². The van der Waals surface area contributed by atoms with Crippen molar-refractivity contribution in [2.75, 3.05) is 6.54 Å². The number of hydrogen-bond acceptors (Lipinski definition) is 5. The van der Waals surface area contributed by atoms with Crippen LogP contribution in [0.2, 0.25) is 0 Å². The first-order valence-electron chi connectivity index (χ1n) is 7.49. The fraction of sp³-hybridized carbons (Fsp3) is 0.438. The van der Waals surface area contributed by atoms with E-state index in [9.17, 15) is 4.79 Å². The molecule has 0 radical (unpaired) electrons. The van der Waals surface area contributed by atoms with Crippen LogP contribution >= 0.6 is 35.3 Å². The van der Waals surface area contributed by atoms with Crippen LogP contribution in [0.25, 0.3) is 5.69 Å². The van der Waals surface area contributed by atoms with Gasteiger partial charge in [-0.2, -0.15) is 0 Å². The van der Waals surface area contributed by atoms with Gasteiger partial charge in [0.1, 0.15) is 0 Å². The van der Waals surface area contributed by atoms with Crippen molar-refractivity contribution in [3.05, 3.63) is 33.8 Å². The number of para-hydroxylation sites is 1. The first kappa shape index (κ1) is 18.2. The monoisotopic (exact) mass is 367 g/mol. The van der Waals surface area contributed by atoms with E-state index >= 15 is 0 Å². The van der Waals surface area contributed by atoms with Gasteiger partial charge in [0.15, 0.2) is 8.29 Å². The molecule has 7 heteroatoms. The smallest absolute Gasteiger partial charge is 0.233 e. The highest BCUT2D eigenvalue weighted by molar-refractivity contribution is 8.02. The summed E-state index contributed by atoms with van der Waals surface area (Å²) in [6, 6.07) is 7.99. The van der Waals surface area contributed by atoms with Crippen molar-refractivity contribution in [3.63, 3.8) is 0 Å². The first-order chi connectivity index (χ1) is 10.9. The van der Waals surface area contributed by atoms with Gasteiger partial charge in [0.25, 0.3) is 0 Å². The Morgan fingerprint density at radius 1 is 1.39 bits per heavy atom. The van der Waals surface area contributed by atoms with Crippen molar-refractivity contribution >= 4 is 41.2 Å². The molecule has 2 rings (SSSR count). The Morgan fingerprint density at radius 3 is 2.74 bits per heavy atom. The molecular weight excluding hydrogens is 346 g/mol. The summed E-state index contributed by atoms with van der Waals surface area (Å²) < 4.78 is 3.28. The topological polar surface area (TPSA) is 46.9 Å². The van der Waals surface area contributed by atoms with Crippen molar-refractivity contribution in [1.82, 2.24) is 15.1 Å². The highest BCUT2D eigenvalue weighted by Gasteiger charge is 2.17. The zero-order chi connectivity index (χ0) is 17.0. The molecular formula is C16H21N3OS3. The van der Waals surface area contributed by atoms with E-state index in [1.54, 1.807) is 4.68 Å². The van der Waals surface area contributed by atoms with E-state index in [-0.39, 0.29) is 11.2 Å². The Morgan fingerprint density at radius 2 is 2.09 bits per heavy atom. The average Bonchev–Trinajstić information content (AvgIpc) is 2.85. The van der Waals surface area contributed by atoms with Gasteiger partial charge in [-0.25, -0.2) is 4.68 Å². The normalized spacial score (nSPS) is 12.4. The summed E-state index contributed by atoms with van der Waals surface area (Å²) in [7, 11) is 0. The average molecular weight is 368 g/mol. The zero-order valence-electron chi connectivity index (χ0n) is 13.7. The maximum Gasteiger partial charge on any atom is 0.233 e. The van der Waals surface area contributed by atoms with E-state index < -0.39 is 0 Å². The lowest BCUT2D eigenvalue weighted by atomic mass is 10.2. The second-order valence-electron chi connectivity index (χ2n) is 5.73. The lowest BCUT2D eigenvalue weighted by Crippen LogP contribution is -2.33. The molecule has 0 bridgehead atoms. The van der Waals surface area contributed by atoms with Crippen LogP contribution in [-0.4, -0.2) is 27.5 Å². The van der Waals surface area contributed by atoms with Gasteiger partial charge in [0, 0.05) is 6.54 Å². The lowest BCUT2D eigenvalue weighted by molar-refractivity contribution is -0.120. The molecule has 0 aliphatic heterocycles. The Hall–Kier alpha value is -1.18. The maximum atomic E-state index is 12.1. The largest absolute Gasteiger partial charge is 0.355 e. The Kier molecular flexibility index (Phi) is 6.38. The van der Waals surface area contributed by atoms with Crippen molar-refractivity contribution in [3.8, 4) is 5.69 Å². The number of benzene rings is 1. The third kappa shape index (κ3) is 4.89. The molecule has 1 amide bonds. The number of nitrogens with zero attached hydrogens (tertiary/aromatic N) is 2. The molecule has 4 nitrogen and oxygen atoms in total. The highest BCUT2D eigenvalue weighted by Crippen LogP contribution is 2.28. The first-order valence-corrected chi connectivity index (χ1v) is 9.59. The van der Waals surface area contributed by atoms with Gasteiger partial charge in [0.05, 0.1) is 10.9 Å². The molecule has 124 valence electrons. The summed E-state index contributed by atoms with van der Waals surface area (Å²) in [4.78, 5) is 12.1. The Labute approximate surface area is 150 Å². The number of aromatic nitrogens is 2. The number of hydrogen-bond donors (Lipinski definition) is 1. The summed E-state index contributed by atoms with van der Waals surface area (Å²) in [5.41, 5.74) is 2.10. The quantitative estimate of drug-likeness (QED) is 0.613. The zero-order valence-corrected chi connectivity index (χ0v) is 16.1. The second-order valence-corrected chi connectivity index (χ2v) is 8.94. The van der Waals surface area contributed by atoms with Crippen LogP contribution in [-0.2, 0) is 4.79 Å². The van der Waals surface area contributed by atoms with Gasteiger partial charge in [-0.15, -0.1) is 5.10 Å². The molecule has 0 unspecified atom stereocenters. The van der Waals surface area contributed by atoms with Crippen LogP contribution in [0.15, 0.2) is 28.6 Å². The number of nitrogens with one attached hydrogen (secondary N) is 1. The van der Waals surface area contributed by atoms with Gasteiger partial charge in [-0.05, 0) is 43.6 Å². The Balaban J connectivity index is 2.11. The fourth-order valence-electron chi connectivity index (χ4n) is 1.91. The van der Waals surface area contributed by atoms with Gasteiger partial charge in [-0.3, -0.25) is 4.79 Å². The van der Waals surface area contributed by atoms with Gasteiger partial charge < -0.3 is 5.32 Å². The third-order valence-corrected chi connectivity index (χ3v) is 5.62. The van der Waals surface area contributed by atoms with Crippen molar-refractivity contribution in [2.45, 2.75) is 37.3 Å². The van der Waals surface area contributed by atoms with E-state index in [0.717, 1.165) is 15.6 Å². The fourth-order valence-corrected chi connectivity index (χ4v) is 4.43. The summed E-state index contributed by atoms with van der Waals surface area (Å²) in [6.07, 6.45) is 0. The maximum absolute atomic E-state index is 12.1. The molecule has 0 saturated carbocycles. The number of carbonyl (C=O) groups is 1. The molecule has 0 spiro atoms. The number of carbonyl (C=O) groups excluding carboxylic acids is 1. The standard InChI is InChI=1S/C16H21N3OS3/c1-10(2)9-17-14(20)12(4)22-15-18-19(16(21)23-15)13-8-6-5-7-11(13)3/h5-8,10,12H,9H2,1-4H3,(H,17,20)/t12-/m0/s1. The molecule has 1 aromatic heterocycles. The molecule has 1 aromatic carbocycles. The van der Waals surface area contributed by atoms with Crippen LogP contribution < -0.4 is 5.32 Å². The van der Waals surface area contributed by atoms with Gasteiger partial charge in [0.2, 0.25) is 5.91 Å². The van der Waals surface area contributed by atoms with E-state index in [0.29, 0.717) is 16.4 Å². The molecule has 1 N–H and O–H groups in total. The van der Waals surface area contributed by atoms with Crippen LogP contribution in [0, 0.1) is 16.8 Å². The van der Waals surface area contributed by atoms with Gasteiger partial charge in [-0.1, -0.05) is 55.1 Å². The molecule has 1 heterocycles. The van der Waals surface area contributed by atoms with Crippen molar-refractivity contribution in [2.24, 2.45) is 5.92 Å². The van der Waals surface area contributed by atoms with Gasteiger partial charge >= 0.3 is 0 Å². The minimum absolute atomic E-state index is 0.0345. The van der Waals surface area contributed by atoms with E-state index in [1.807, 2.05) is 38.1 Å². The van der Waals surface area contributed by atoms with E-state index in [1.165, 1.54) is 23.1 Å². The molecule has 0 saturated heterocycles. The summed E-state index contributed by atoms with van der Waals surface area (Å²) in [6.45, 7) is 8.77. The summed E-state index contributed by atoms with van der Waals surface area (Å²) in [5.74, 6) is 0.478. The second kappa shape index (κ2) is 8.08. The minimum atomic E-state index is -0.195. The highest BCUT2D eigenvalue weighted by atomic mass is 32.2. The van der Waals surface area contributed by atoms with E-state index in [2.05, 4.69) is 24.3 Å². The van der Waals surface area contributed by atoms with Crippen LogP contribution in [0.5, 0.6) is 0 Å². The van der Waals surface area contributed by atoms with Crippen LogP contribution in [0.3, 0.4) is 0 Å². The SMILES string of the molecule is Cc1ccccc1-n1nc(S[C@@H](C)C(=O)NCC(C)C)sc1=S. The number of amides is 1. The number of rotatable bonds is 6. The van der Waals surface area contributed by atoms with Crippen molar-refractivity contribution < 1.29 is 4.79 Å². The molecule has 0 fully saturated rings. The predicted octanol–water partition coefficient (Wildman–Crippen LogP) is 4.22. The molecule has 23 heavy (non-hydrogen) atoms. The third-order valence-electron chi connectivity index (χ3n) is 3.20. The Bertz CT molecular complexity index is 736. The lowest BCUT2D eigenvalue weighted by Gasteiger charge is -2.11. The summed E-state index contributed by atoms with van der Waals surface area (Å²) in [5, 5.41) is 7.33. The van der Waals surface area contributed by atoms with Crippen molar-refractivity contribution in [1.29, 1.82) is 0 Å². The summed E-state index contributed by atoms with van der Waals surface area (Å²) >= 11 is 8.31. The van der Waals surface area contributed by atoms with E-state index in [4.69, 9.17) is 12.2 Å². The van der Waals surface area contributed by atoms with Crippen LogP contribution in [0.4, 0.5) is 0 Å². The predicted molar refractivity (Wildman–Crippen MR) is 100 cm³/mol. The minimum Gasteiger partial charge on any atom is -0.355 e. The molecule has 1 atom stereocenters.